The van der Waals surface area contributed by atoms with E-state index in [9.17, 15) is 4.79 Å². The van der Waals surface area contributed by atoms with Crippen molar-refractivity contribution in [1.29, 1.82) is 0 Å². The second-order valence-electron chi connectivity index (χ2n) is 4.66. The summed E-state index contributed by atoms with van der Waals surface area (Å²) >= 11 is 0. The lowest BCUT2D eigenvalue weighted by molar-refractivity contribution is -0.140. The van der Waals surface area contributed by atoms with Crippen molar-refractivity contribution in [3.63, 3.8) is 0 Å². The number of hydrogen-bond acceptors (Lipinski definition) is 2. The lowest BCUT2D eigenvalue weighted by Crippen LogP contribution is -2.48. The van der Waals surface area contributed by atoms with E-state index in [0.29, 0.717) is 0 Å². The van der Waals surface area contributed by atoms with E-state index in [1.165, 1.54) is 38.5 Å². The fourth-order valence-electron chi connectivity index (χ4n) is 2.22. The molecule has 1 N–H and O–H groups in total. The van der Waals surface area contributed by atoms with Crippen molar-refractivity contribution >= 4 is 5.97 Å². The Morgan fingerprint density at radius 2 is 1.93 bits per heavy atom. The number of carboxylic acid groups (broad SMARTS) is 1. The van der Waals surface area contributed by atoms with Gasteiger partial charge in [0.1, 0.15) is 0 Å². The van der Waals surface area contributed by atoms with Crippen LogP contribution in [0.15, 0.2) is 0 Å². The van der Waals surface area contributed by atoms with Crippen LogP contribution in [0.4, 0.5) is 0 Å². The van der Waals surface area contributed by atoms with Gasteiger partial charge in [-0.05, 0) is 12.3 Å². The Balaban J connectivity index is 1.87. The van der Waals surface area contributed by atoms with E-state index >= 15 is 0 Å². The van der Waals surface area contributed by atoms with Gasteiger partial charge in [0.2, 0.25) is 0 Å². The van der Waals surface area contributed by atoms with Crippen molar-refractivity contribution in [1.82, 2.24) is 4.90 Å². The molecule has 3 nitrogen and oxygen atoms in total. The van der Waals surface area contributed by atoms with E-state index < -0.39 is 5.97 Å². The molecule has 0 aromatic rings. The number of hydrogen-bond donors (Lipinski definition) is 1. The molecule has 1 fully saturated rings. The van der Waals surface area contributed by atoms with Crippen molar-refractivity contribution in [2.24, 2.45) is 5.92 Å². The fraction of sp³-hybridized carbons (Fsp3) is 0.917. The summed E-state index contributed by atoms with van der Waals surface area (Å²) in [6.45, 7) is 4.46. The first-order valence-electron chi connectivity index (χ1n) is 6.16. The number of carbonyl (C=O) groups is 1. The molecule has 1 saturated heterocycles. The van der Waals surface area contributed by atoms with Crippen LogP contribution < -0.4 is 0 Å². The molecule has 0 spiro atoms. The van der Waals surface area contributed by atoms with Gasteiger partial charge in [-0.3, -0.25) is 9.69 Å². The van der Waals surface area contributed by atoms with Gasteiger partial charge in [0.25, 0.3) is 0 Å². The quantitative estimate of drug-likeness (QED) is 0.629. The standard InChI is InChI=1S/C12H23NO2/c1-2-3-4-5-6-7-11-8-13(9-11)10-12(14)15/h11H,2-10H2,1H3,(H,14,15). The van der Waals surface area contributed by atoms with Gasteiger partial charge >= 0.3 is 5.97 Å². The SMILES string of the molecule is CCCCCCCC1CN(CC(=O)O)C1. The van der Waals surface area contributed by atoms with Crippen LogP contribution in [0.2, 0.25) is 0 Å². The van der Waals surface area contributed by atoms with Crippen molar-refractivity contribution in [3.05, 3.63) is 0 Å². The number of carboxylic acids is 1. The molecule has 0 bridgehead atoms. The minimum absolute atomic E-state index is 0.229. The minimum atomic E-state index is -0.698. The average molecular weight is 213 g/mol. The predicted molar refractivity (Wildman–Crippen MR) is 60.9 cm³/mol. The van der Waals surface area contributed by atoms with E-state index in [1.54, 1.807) is 0 Å². The smallest absolute Gasteiger partial charge is 0.317 e. The minimum Gasteiger partial charge on any atom is -0.480 e. The zero-order chi connectivity index (χ0) is 11.1. The first-order valence-corrected chi connectivity index (χ1v) is 6.16. The van der Waals surface area contributed by atoms with Gasteiger partial charge in [-0.15, -0.1) is 0 Å². The summed E-state index contributed by atoms with van der Waals surface area (Å²) in [4.78, 5) is 12.4. The monoisotopic (exact) mass is 213 g/mol. The molecule has 0 atom stereocenters. The second-order valence-corrected chi connectivity index (χ2v) is 4.66. The molecule has 88 valence electrons. The summed E-state index contributed by atoms with van der Waals surface area (Å²) in [5.41, 5.74) is 0. The number of nitrogens with zero attached hydrogens (tertiary/aromatic N) is 1. The van der Waals surface area contributed by atoms with Crippen molar-refractivity contribution < 1.29 is 9.90 Å². The Morgan fingerprint density at radius 1 is 1.27 bits per heavy atom. The van der Waals surface area contributed by atoms with Crippen LogP contribution in [0, 0.1) is 5.92 Å². The number of rotatable bonds is 8. The third-order valence-electron chi connectivity index (χ3n) is 3.11. The van der Waals surface area contributed by atoms with Gasteiger partial charge in [-0.1, -0.05) is 39.0 Å². The molecule has 0 saturated carbocycles. The van der Waals surface area contributed by atoms with Gasteiger partial charge in [-0.2, -0.15) is 0 Å². The second kappa shape index (κ2) is 6.83. The summed E-state index contributed by atoms with van der Waals surface area (Å²) < 4.78 is 0. The van der Waals surface area contributed by atoms with Gasteiger partial charge in [0.15, 0.2) is 0 Å². The highest BCUT2D eigenvalue weighted by atomic mass is 16.4. The third-order valence-corrected chi connectivity index (χ3v) is 3.11. The van der Waals surface area contributed by atoms with Crippen LogP contribution >= 0.6 is 0 Å². The Hall–Kier alpha value is -0.570. The lowest BCUT2D eigenvalue weighted by Gasteiger charge is -2.38. The van der Waals surface area contributed by atoms with Gasteiger partial charge in [-0.25, -0.2) is 0 Å². The number of aliphatic carboxylic acids is 1. The molecule has 3 heteroatoms. The predicted octanol–water partition coefficient (Wildman–Crippen LogP) is 2.36. The molecule has 0 aromatic carbocycles. The zero-order valence-electron chi connectivity index (χ0n) is 9.74. The molecule has 0 amide bonds. The van der Waals surface area contributed by atoms with Crippen LogP contribution in [-0.2, 0) is 4.79 Å². The van der Waals surface area contributed by atoms with Crippen molar-refractivity contribution in [2.75, 3.05) is 19.6 Å². The molecule has 15 heavy (non-hydrogen) atoms. The van der Waals surface area contributed by atoms with E-state index in [-0.39, 0.29) is 6.54 Å². The van der Waals surface area contributed by atoms with Crippen LogP contribution in [0.25, 0.3) is 0 Å². The molecular weight excluding hydrogens is 190 g/mol. The van der Waals surface area contributed by atoms with E-state index in [0.717, 1.165) is 19.0 Å². The summed E-state index contributed by atoms with van der Waals surface area (Å²) in [7, 11) is 0. The number of unbranched alkanes of at least 4 members (excludes halogenated alkanes) is 4. The molecular formula is C12H23NO2. The highest BCUT2D eigenvalue weighted by molar-refractivity contribution is 5.69. The maximum atomic E-state index is 10.4. The average Bonchev–Trinajstić information content (AvgIpc) is 2.12. The van der Waals surface area contributed by atoms with Crippen molar-refractivity contribution in [3.8, 4) is 0 Å². The highest BCUT2D eigenvalue weighted by Gasteiger charge is 2.26. The summed E-state index contributed by atoms with van der Waals surface area (Å²) in [5, 5.41) is 8.57. The molecule has 0 unspecified atom stereocenters. The molecule has 0 aliphatic carbocycles. The van der Waals surface area contributed by atoms with Crippen LogP contribution in [0.5, 0.6) is 0 Å². The van der Waals surface area contributed by atoms with E-state index in [4.69, 9.17) is 5.11 Å². The molecule has 1 aliphatic rings. The topological polar surface area (TPSA) is 40.5 Å². The molecule has 1 rings (SSSR count). The largest absolute Gasteiger partial charge is 0.480 e. The Bertz CT molecular complexity index is 188. The van der Waals surface area contributed by atoms with Gasteiger partial charge in [0.05, 0.1) is 6.54 Å². The Kier molecular flexibility index (Phi) is 5.69. The van der Waals surface area contributed by atoms with Crippen LogP contribution in [0.1, 0.15) is 45.4 Å². The fourth-order valence-corrected chi connectivity index (χ4v) is 2.22. The summed E-state index contributed by atoms with van der Waals surface area (Å²) in [5.74, 6) is 0.0716. The van der Waals surface area contributed by atoms with Crippen molar-refractivity contribution in [2.45, 2.75) is 45.4 Å². The normalized spacial score (nSPS) is 17.7. The van der Waals surface area contributed by atoms with Crippen LogP contribution in [0.3, 0.4) is 0 Å². The Labute approximate surface area is 92.5 Å². The maximum Gasteiger partial charge on any atom is 0.317 e. The van der Waals surface area contributed by atoms with E-state index in [2.05, 4.69) is 6.92 Å². The number of likely N-dealkylation sites (tertiary alicyclic amines) is 1. The summed E-state index contributed by atoms with van der Waals surface area (Å²) in [6.07, 6.45) is 7.99. The van der Waals surface area contributed by atoms with Gasteiger partial charge in [0, 0.05) is 13.1 Å². The lowest BCUT2D eigenvalue weighted by atomic mass is 9.93. The first-order chi connectivity index (χ1) is 7.22. The Morgan fingerprint density at radius 3 is 2.53 bits per heavy atom. The van der Waals surface area contributed by atoms with Gasteiger partial charge < -0.3 is 5.11 Å². The molecule has 0 aromatic heterocycles. The first kappa shape index (κ1) is 12.5. The maximum absolute atomic E-state index is 10.4. The zero-order valence-corrected chi connectivity index (χ0v) is 9.74. The van der Waals surface area contributed by atoms with Crippen LogP contribution in [-0.4, -0.2) is 35.6 Å². The molecule has 1 aliphatic heterocycles. The summed E-state index contributed by atoms with van der Waals surface area (Å²) in [6, 6.07) is 0. The molecule has 0 radical (unpaired) electrons. The van der Waals surface area contributed by atoms with E-state index in [1.807, 2.05) is 4.90 Å². The highest BCUT2D eigenvalue weighted by Crippen LogP contribution is 2.21. The molecule has 1 heterocycles. The third kappa shape index (κ3) is 5.17.